The summed E-state index contributed by atoms with van der Waals surface area (Å²) in [5.74, 6) is 5.27. The maximum Gasteiger partial charge on any atom is 0.226 e. The lowest BCUT2D eigenvalue weighted by Crippen LogP contribution is -2.66. The van der Waals surface area contributed by atoms with Crippen molar-refractivity contribution in [3.05, 3.63) is 0 Å². The summed E-state index contributed by atoms with van der Waals surface area (Å²) in [7, 11) is 0. The Hall–Kier alpha value is -0.530. The number of nitrogens with zero attached hydrogens (tertiary/aromatic N) is 1. The highest BCUT2D eigenvalue weighted by molar-refractivity contribution is 5.81. The highest BCUT2D eigenvalue weighted by atomic mass is 16.2. The standard InChI is InChI=1S/C19H33NO/c1-11(2)19(6)7-9-20(10-8-19)18(21)17-14(5)15-12(3)13(4)16(15)17/h11-17H,7-10H2,1-6H3. The van der Waals surface area contributed by atoms with E-state index in [0.29, 0.717) is 35.0 Å². The molecular weight excluding hydrogens is 258 g/mol. The van der Waals surface area contributed by atoms with Crippen LogP contribution in [0.1, 0.15) is 54.4 Å². The van der Waals surface area contributed by atoms with Crippen molar-refractivity contribution in [3.8, 4) is 0 Å². The Kier molecular flexibility index (Phi) is 3.65. The van der Waals surface area contributed by atoms with Crippen LogP contribution in [0.4, 0.5) is 0 Å². The van der Waals surface area contributed by atoms with Crippen LogP contribution in [0.3, 0.4) is 0 Å². The van der Waals surface area contributed by atoms with Crippen LogP contribution in [-0.2, 0) is 4.79 Å². The molecule has 0 spiro atoms. The minimum absolute atomic E-state index is 0.338. The van der Waals surface area contributed by atoms with Crippen LogP contribution in [0.2, 0.25) is 0 Å². The molecule has 2 aliphatic carbocycles. The average molecular weight is 291 g/mol. The second-order valence-electron chi connectivity index (χ2n) is 8.89. The number of carbonyl (C=O) groups is 1. The zero-order chi connectivity index (χ0) is 15.5. The molecule has 3 fully saturated rings. The highest BCUT2D eigenvalue weighted by Gasteiger charge is 2.64. The molecule has 1 saturated heterocycles. The van der Waals surface area contributed by atoms with Crippen LogP contribution in [0, 0.1) is 46.8 Å². The predicted octanol–water partition coefficient (Wildman–Crippen LogP) is 4.06. The van der Waals surface area contributed by atoms with E-state index >= 15 is 0 Å². The summed E-state index contributed by atoms with van der Waals surface area (Å²) in [5.41, 5.74) is 0.433. The lowest BCUT2D eigenvalue weighted by Gasteiger charge is -2.66. The quantitative estimate of drug-likeness (QED) is 0.751. The monoisotopic (exact) mass is 291 g/mol. The van der Waals surface area contributed by atoms with Gasteiger partial charge in [-0.25, -0.2) is 0 Å². The summed E-state index contributed by atoms with van der Waals surface area (Å²) in [6.45, 7) is 16.1. The van der Waals surface area contributed by atoms with Crippen molar-refractivity contribution >= 4 is 5.91 Å². The first-order valence-electron chi connectivity index (χ1n) is 9.06. The Morgan fingerprint density at radius 3 is 2.05 bits per heavy atom. The smallest absolute Gasteiger partial charge is 0.226 e. The molecule has 1 aliphatic heterocycles. The normalized spacial score (nSPS) is 44.8. The van der Waals surface area contributed by atoms with Gasteiger partial charge >= 0.3 is 0 Å². The van der Waals surface area contributed by atoms with Crippen LogP contribution in [0.5, 0.6) is 0 Å². The first-order chi connectivity index (χ1) is 9.78. The van der Waals surface area contributed by atoms with E-state index in [0.717, 1.165) is 30.8 Å². The summed E-state index contributed by atoms with van der Waals surface area (Å²) >= 11 is 0. The number of likely N-dealkylation sites (tertiary alicyclic amines) is 1. The molecule has 0 aromatic heterocycles. The average Bonchev–Trinajstić information content (AvgIpc) is 2.44. The second-order valence-corrected chi connectivity index (χ2v) is 8.89. The van der Waals surface area contributed by atoms with Crippen molar-refractivity contribution in [3.63, 3.8) is 0 Å². The fourth-order valence-corrected chi connectivity index (χ4v) is 5.51. The molecule has 3 aliphatic rings. The molecule has 0 bridgehead atoms. The lowest BCUT2D eigenvalue weighted by molar-refractivity contribution is -0.201. The van der Waals surface area contributed by atoms with Gasteiger partial charge in [-0.3, -0.25) is 4.79 Å². The van der Waals surface area contributed by atoms with Crippen molar-refractivity contribution in [2.45, 2.75) is 54.4 Å². The van der Waals surface area contributed by atoms with Gasteiger partial charge < -0.3 is 4.90 Å². The van der Waals surface area contributed by atoms with Crippen molar-refractivity contribution in [1.29, 1.82) is 0 Å². The number of rotatable bonds is 2. The molecular formula is C19H33NO. The van der Waals surface area contributed by atoms with Gasteiger partial charge in [-0.2, -0.15) is 0 Å². The lowest BCUT2D eigenvalue weighted by atomic mass is 9.39. The highest BCUT2D eigenvalue weighted by Crippen LogP contribution is 2.64. The topological polar surface area (TPSA) is 20.3 Å². The van der Waals surface area contributed by atoms with E-state index < -0.39 is 0 Å². The zero-order valence-corrected chi connectivity index (χ0v) is 14.7. The number of amides is 1. The van der Waals surface area contributed by atoms with Gasteiger partial charge in [-0.05, 0) is 53.8 Å². The summed E-state index contributed by atoms with van der Waals surface area (Å²) in [6, 6.07) is 0. The number of fused-ring (bicyclic) bond motifs is 1. The van der Waals surface area contributed by atoms with Gasteiger partial charge in [-0.15, -0.1) is 0 Å². The Balaban J connectivity index is 1.61. The van der Waals surface area contributed by atoms with Crippen LogP contribution >= 0.6 is 0 Å². The molecule has 2 nitrogen and oxygen atoms in total. The molecule has 6 atom stereocenters. The van der Waals surface area contributed by atoms with Gasteiger partial charge in [0.15, 0.2) is 0 Å². The number of piperidine rings is 1. The first kappa shape index (κ1) is 15.4. The first-order valence-corrected chi connectivity index (χ1v) is 9.06. The molecule has 1 amide bonds. The van der Waals surface area contributed by atoms with Gasteiger partial charge in [0.1, 0.15) is 0 Å². The predicted molar refractivity (Wildman–Crippen MR) is 86.7 cm³/mol. The van der Waals surface area contributed by atoms with E-state index in [1.165, 1.54) is 12.8 Å². The fraction of sp³-hybridized carbons (Fsp3) is 0.947. The summed E-state index contributed by atoms with van der Waals surface area (Å²) in [4.78, 5) is 15.1. The molecule has 0 N–H and O–H groups in total. The molecule has 0 aromatic rings. The summed E-state index contributed by atoms with van der Waals surface area (Å²) in [5, 5.41) is 0. The zero-order valence-electron chi connectivity index (χ0n) is 14.7. The third-order valence-corrected chi connectivity index (χ3v) is 7.97. The summed E-state index contributed by atoms with van der Waals surface area (Å²) in [6.07, 6.45) is 2.36. The Bertz CT molecular complexity index is 421. The van der Waals surface area contributed by atoms with E-state index in [4.69, 9.17) is 0 Å². The maximum atomic E-state index is 12.9. The van der Waals surface area contributed by atoms with Crippen molar-refractivity contribution < 1.29 is 4.79 Å². The number of hydrogen-bond donors (Lipinski definition) is 0. The van der Waals surface area contributed by atoms with Gasteiger partial charge in [-0.1, -0.05) is 41.5 Å². The molecule has 0 radical (unpaired) electrons. The molecule has 1 heterocycles. The van der Waals surface area contributed by atoms with E-state index in [2.05, 4.69) is 46.4 Å². The largest absolute Gasteiger partial charge is 0.342 e. The van der Waals surface area contributed by atoms with Gasteiger partial charge in [0.25, 0.3) is 0 Å². The minimum Gasteiger partial charge on any atom is -0.342 e. The van der Waals surface area contributed by atoms with E-state index in [-0.39, 0.29) is 0 Å². The molecule has 21 heavy (non-hydrogen) atoms. The third kappa shape index (κ3) is 2.08. The number of carbonyl (C=O) groups excluding carboxylic acids is 1. The second kappa shape index (κ2) is 4.99. The van der Waals surface area contributed by atoms with Crippen LogP contribution in [0.15, 0.2) is 0 Å². The molecule has 2 saturated carbocycles. The molecule has 2 heteroatoms. The van der Waals surface area contributed by atoms with Gasteiger partial charge in [0, 0.05) is 19.0 Å². The van der Waals surface area contributed by atoms with E-state index in [9.17, 15) is 4.79 Å². The molecule has 6 unspecified atom stereocenters. The maximum absolute atomic E-state index is 12.9. The van der Waals surface area contributed by atoms with Crippen molar-refractivity contribution in [1.82, 2.24) is 4.90 Å². The van der Waals surface area contributed by atoms with Crippen LogP contribution in [0.25, 0.3) is 0 Å². The fourth-order valence-electron chi connectivity index (χ4n) is 5.51. The third-order valence-electron chi connectivity index (χ3n) is 7.97. The summed E-state index contributed by atoms with van der Waals surface area (Å²) < 4.78 is 0. The van der Waals surface area contributed by atoms with Crippen molar-refractivity contribution in [2.24, 2.45) is 46.8 Å². The molecule has 0 aromatic carbocycles. The Morgan fingerprint density at radius 2 is 1.52 bits per heavy atom. The van der Waals surface area contributed by atoms with Gasteiger partial charge in [0.2, 0.25) is 5.91 Å². The molecule has 120 valence electrons. The van der Waals surface area contributed by atoms with E-state index in [1.54, 1.807) is 0 Å². The van der Waals surface area contributed by atoms with Crippen LogP contribution < -0.4 is 0 Å². The van der Waals surface area contributed by atoms with Crippen molar-refractivity contribution in [2.75, 3.05) is 13.1 Å². The van der Waals surface area contributed by atoms with Crippen LogP contribution in [-0.4, -0.2) is 23.9 Å². The minimum atomic E-state index is 0.338. The SMILES string of the molecule is CC1C(C)C2C(C(=O)N3CCC(C)(C(C)C)CC3)C(C)C12. The van der Waals surface area contributed by atoms with E-state index in [1.807, 2.05) is 0 Å². The molecule has 3 rings (SSSR count). The Labute approximate surface area is 130 Å². The Morgan fingerprint density at radius 1 is 1.00 bits per heavy atom. The number of hydrogen-bond acceptors (Lipinski definition) is 1. The van der Waals surface area contributed by atoms with Gasteiger partial charge in [0.05, 0.1) is 0 Å².